The van der Waals surface area contributed by atoms with Crippen molar-refractivity contribution in [2.75, 3.05) is 36.5 Å². The minimum atomic E-state index is 0.410. The number of piperidine rings is 1. The molecule has 1 saturated heterocycles. The van der Waals surface area contributed by atoms with E-state index in [-0.39, 0.29) is 0 Å². The quantitative estimate of drug-likeness (QED) is 0.897. The van der Waals surface area contributed by atoms with Crippen LogP contribution in [0.15, 0.2) is 0 Å². The first kappa shape index (κ1) is 15.0. The van der Waals surface area contributed by atoms with Crippen molar-refractivity contribution < 1.29 is 4.74 Å². The number of nitrogens with one attached hydrogen (secondary N) is 1. The molecular formula is C15H26N4O. The minimum Gasteiger partial charge on any atom is -0.378 e. The molecule has 0 bridgehead atoms. The second-order valence-corrected chi connectivity index (χ2v) is 5.24. The highest BCUT2D eigenvalue weighted by molar-refractivity contribution is 5.58. The molecule has 0 saturated carbocycles. The van der Waals surface area contributed by atoms with E-state index in [0.29, 0.717) is 6.10 Å². The fraction of sp³-hybridized carbons (Fsp3) is 0.733. The van der Waals surface area contributed by atoms with Gasteiger partial charge in [0.05, 0.1) is 6.10 Å². The Bertz CT molecular complexity index is 442. The van der Waals surface area contributed by atoms with Gasteiger partial charge in [0.25, 0.3) is 0 Å². The van der Waals surface area contributed by atoms with Gasteiger partial charge in [-0.2, -0.15) is 0 Å². The molecule has 1 N–H and O–H groups in total. The van der Waals surface area contributed by atoms with Crippen LogP contribution in [0.4, 0.5) is 11.6 Å². The Hall–Kier alpha value is -1.36. The molecule has 0 spiro atoms. The van der Waals surface area contributed by atoms with Crippen molar-refractivity contribution >= 4 is 11.6 Å². The van der Waals surface area contributed by atoms with Crippen molar-refractivity contribution in [3.05, 3.63) is 11.4 Å². The van der Waals surface area contributed by atoms with E-state index in [9.17, 15) is 0 Å². The molecule has 5 heteroatoms. The molecule has 1 fully saturated rings. The summed E-state index contributed by atoms with van der Waals surface area (Å²) >= 11 is 0. The normalized spacial score (nSPS) is 16.5. The zero-order valence-corrected chi connectivity index (χ0v) is 13.1. The summed E-state index contributed by atoms with van der Waals surface area (Å²) in [6, 6.07) is 0. The Morgan fingerprint density at radius 1 is 1.20 bits per heavy atom. The van der Waals surface area contributed by atoms with Crippen molar-refractivity contribution in [1.29, 1.82) is 0 Å². The number of ether oxygens (including phenoxy) is 1. The molecule has 0 aromatic carbocycles. The van der Waals surface area contributed by atoms with E-state index < -0.39 is 0 Å². The van der Waals surface area contributed by atoms with Gasteiger partial charge in [-0.25, -0.2) is 9.97 Å². The van der Waals surface area contributed by atoms with Gasteiger partial charge in [0.1, 0.15) is 17.5 Å². The molecule has 2 heterocycles. The predicted molar refractivity (Wildman–Crippen MR) is 82.5 cm³/mol. The lowest BCUT2D eigenvalue weighted by Crippen LogP contribution is -2.38. The topological polar surface area (TPSA) is 50.3 Å². The lowest BCUT2D eigenvalue weighted by molar-refractivity contribution is 0.0458. The van der Waals surface area contributed by atoms with Crippen LogP contribution in [0.3, 0.4) is 0 Å². The summed E-state index contributed by atoms with van der Waals surface area (Å²) in [6.07, 6.45) is 2.56. The first-order valence-electron chi connectivity index (χ1n) is 7.61. The Labute approximate surface area is 121 Å². The number of anilines is 2. The van der Waals surface area contributed by atoms with E-state index >= 15 is 0 Å². The van der Waals surface area contributed by atoms with Gasteiger partial charge in [-0.3, -0.25) is 0 Å². The first-order chi connectivity index (χ1) is 9.65. The minimum absolute atomic E-state index is 0.410. The van der Waals surface area contributed by atoms with Gasteiger partial charge in [0.2, 0.25) is 0 Å². The number of aromatic nitrogens is 2. The van der Waals surface area contributed by atoms with E-state index in [0.717, 1.165) is 62.1 Å². The van der Waals surface area contributed by atoms with Gasteiger partial charge in [-0.15, -0.1) is 0 Å². The third kappa shape index (κ3) is 3.39. The molecule has 112 valence electrons. The second-order valence-electron chi connectivity index (χ2n) is 5.24. The lowest BCUT2D eigenvalue weighted by Gasteiger charge is -2.33. The van der Waals surface area contributed by atoms with E-state index in [2.05, 4.69) is 41.0 Å². The highest BCUT2D eigenvalue weighted by Gasteiger charge is 2.22. The number of nitrogens with zero attached hydrogens (tertiary/aromatic N) is 3. The zero-order valence-electron chi connectivity index (χ0n) is 13.1. The van der Waals surface area contributed by atoms with Gasteiger partial charge in [0.15, 0.2) is 0 Å². The molecule has 20 heavy (non-hydrogen) atoms. The maximum Gasteiger partial charge on any atom is 0.137 e. The zero-order chi connectivity index (χ0) is 14.5. The summed E-state index contributed by atoms with van der Waals surface area (Å²) in [5.41, 5.74) is 1.15. The van der Waals surface area contributed by atoms with Crippen molar-refractivity contribution in [2.24, 2.45) is 0 Å². The summed E-state index contributed by atoms with van der Waals surface area (Å²) < 4.78 is 5.71. The molecule has 0 atom stereocenters. The lowest BCUT2D eigenvalue weighted by atomic mass is 10.1. The number of hydrogen-bond donors (Lipinski definition) is 1. The van der Waals surface area contributed by atoms with Crippen LogP contribution in [0.1, 0.15) is 38.1 Å². The molecule has 1 aliphatic heterocycles. The van der Waals surface area contributed by atoms with Gasteiger partial charge in [0, 0.05) is 31.8 Å². The molecule has 1 aromatic rings. The molecule has 0 unspecified atom stereocenters. The van der Waals surface area contributed by atoms with E-state index in [1.807, 2.05) is 6.92 Å². The molecule has 0 amide bonds. The van der Waals surface area contributed by atoms with Crippen LogP contribution >= 0.6 is 0 Å². The largest absolute Gasteiger partial charge is 0.378 e. The van der Waals surface area contributed by atoms with E-state index in [1.165, 1.54) is 0 Å². The SMILES string of the molecule is CCNc1nc(C)nc(N2CCC(OCC)CC2)c1C. The molecule has 0 radical (unpaired) electrons. The van der Waals surface area contributed by atoms with Crippen molar-refractivity contribution in [3.63, 3.8) is 0 Å². The van der Waals surface area contributed by atoms with E-state index in [4.69, 9.17) is 4.74 Å². The van der Waals surface area contributed by atoms with Crippen LogP contribution in [0.25, 0.3) is 0 Å². The Balaban J connectivity index is 2.13. The fourth-order valence-electron chi connectivity index (χ4n) is 2.73. The first-order valence-corrected chi connectivity index (χ1v) is 7.61. The third-order valence-corrected chi connectivity index (χ3v) is 3.72. The maximum absolute atomic E-state index is 5.71. The van der Waals surface area contributed by atoms with Crippen LogP contribution in [0.2, 0.25) is 0 Å². The van der Waals surface area contributed by atoms with Crippen molar-refractivity contribution in [3.8, 4) is 0 Å². The van der Waals surface area contributed by atoms with Crippen molar-refractivity contribution in [1.82, 2.24) is 9.97 Å². The van der Waals surface area contributed by atoms with Gasteiger partial charge < -0.3 is 15.0 Å². The van der Waals surface area contributed by atoms with Crippen LogP contribution in [-0.4, -0.2) is 42.3 Å². The summed E-state index contributed by atoms with van der Waals surface area (Å²) in [7, 11) is 0. The van der Waals surface area contributed by atoms with Crippen LogP contribution < -0.4 is 10.2 Å². The number of aryl methyl sites for hydroxylation is 1. The molecular weight excluding hydrogens is 252 g/mol. The summed E-state index contributed by atoms with van der Waals surface area (Å²) in [4.78, 5) is 11.5. The predicted octanol–water partition coefficient (Wildman–Crippen LogP) is 2.53. The number of rotatable bonds is 5. The summed E-state index contributed by atoms with van der Waals surface area (Å²) in [5, 5.41) is 3.32. The van der Waals surface area contributed by atoms with Crippen LogP contribution in [0, 0.1) is 13.8 Å². The average molecular weight is 278 g/mol. The third-order valence-electron chi connectivity index (χ3n) is 3.72. The Kier molecular flexibility index (Phi) is 5.17. The standard InChI is InChI=1S/C15H26N4O/c1-5-16-14-11(3)15(18-12(4)17-14)19-9-7-13(8-10-19)20-6-2/h13H,5-10H2,1-4H3,(H,16,17,18). The van der Waals surface area contributed by atoms with Gasteiger partial charge in [-0.05, 0) is 40.5 Å². The average Bonchev–Trinajstić information content (AvgIpc) is 2.44. The van der Waals surface area contributed by atoms with Crippen LogP contribution in [0.5, 0.6) is 0 Å². The molecule has 5 nitrogen and oxygen atoms in total. The monoisotopic (exact) mass is 278 g/mol. The second kappa shape index (κ2) is 6.88. The maximum atomic E-state index is 5.71. The highest BCUT2D eigenvalue weighted by atomic mass is 16.5. The van der Waals surface area contributed by atoms with Gasteiger partial charge >= 0.3 is 0 Å². The van der Waals surface area contributed by atoms with Crippen molar-refractivity contribution in [2.45, 2.75) is 46.6 Å². The molecule has 0 aliphatic carbocycles. The summed E-state index contributed by atoms with van der Waals surface area (Å²) in [6.45, 7) is 11.9. The Morgan fingerprint density at radius 3 is 2.50 bits per heavy atom. The smallest absolute Gasteiger partial charge is 0.137 e. The Morgan fingerprint density at radius 2 is 1.90 bits per heavy atom. The van der Waals surface area contributed by atoms with Gasteiger partial charge in [-0.1, -0.05) is 0 Å². The highest BCUT2D eigenvalue weighted by Crippen LogP contribution is 2.26. The number of hydrogen-bond acceptors (Lipinski definition) is 5. The van der Waals surface area contributed by atoms with Crippen LogP contribution in [-0.2, 0) is 4.74 Å². The summed E-state index contributed by atoms with van der Waals surface area (Å²) in [5.74, 6) is 2.86. The molecule has 1 aromatic heterocycles. The molecule has 2 rings (SSSR count). The molecule has 1 aliphatic rings. The fourth-order valence-corrected chi connectivity index (χ4v) is 2.73. The van der Waals surface area contributed by atoms with E-state index in [1.54, 1.807) is 0 Å².